The number of carbonyl (C=O) groups is 3. The molecule has 4 amide bonds. The van der Waals surface area contributed by atoms with Gasteiger partial charge in [-0.1, -0.05) is 6.07 Å². The normalized spacial score (nSPS) is 11.7. The Morgan fingerprint density at radius 2 is 2.07 bits per heavy atom. The fourth-order valence-corrected chi connectivity index (χ4v) is 3.90. The summed E-state index contributed by atoms with van der Waals surface area (Å²) in [5.41, 5.74) is 12.0. The van der Waals surface area contributed by atoms with E-state index in [2.05, 4.69) is 20.6 Å². The fourth-order valence-electron chi connectivity index (χ4n) is 2.39. The molecule has 0 spiro atoms. The summed E-state index contributed by atoms with van der Waals surface area (Å²) in [6.07, 6.45) is 1.64. The van der Waals surface area contributed by atoms with E-state index in [9.17, 15) is 14.4 Å². The zero-order chi connectivity index (χ0) is 19.4. The first-order valence-electron chi connectivity index (χ1n) is 7.75. The average molecular weight is 404 g/mol. The predicted molar refractivity (Wildman–Crippen MR) is 103 cm³/mol. The van der Waals surface area contributed by atoms with Gasteiger partial charge in [-0.05, 0) is 17.5 Å². The lowest BCUT2D eigenvalue weighted by Gasteiger charge is -2.15. The van der Waals surface area contributed by atoms with Crippen molar-refractivity contribution >= 4 is 45.7 Å². The Hall–Kier alpha value is -3.18. The van der Waals surface area contributed by atoms with Crippen molar-refractivity contribution in [2.45, 2.75) is 12.5 Å². The van der Waals surface area contributed by atoms with E-state index in [4.69, 9.17) is 11.5 Å². The first kappa shape index (κ1) is 18.6. The molecule has 1 unspecified atom stereocenters. The van der Waals surface area contributed by atoms with Crippen molar-refractivity contribution < 1.29 is 14.4 Å². The largest absolute Gasteiger partial charge is 0.364 e. The highest BCUT2D eigenvalue weighted by Gasteiger charge is 2.19. The molecule has 3 rings (SSSR count). The summed E-state index contributed by atoms with van der Waals surface area (Å²) in [6, 6.07) is 4.03. The zero-order valence-corrected chi connectivity index (χ0v) is 15.5. The molecule has 1 atom stereocenters. The summed E-state index contributed by atoms with van der Waals surface area (Å²) >= 11 is 2.67. The van der Waals surface area contributed by atoms with Crippen LogP contribution >= 0.6 is 22.7 Å². The van der Waals surface area contributed by atoms with E-state index in [1.54, 1.807) is 17.6 Å². The number of primary amides is 2. The standard InChI is InChI=1S/C16H16N6O3S2/c17-14(24)10-4-8(6-19-10)11-7-27-16(21-11)22-13(23)5-9(20-15(18)25)12-2-1-3-26-12/h1-4,6-7,9,19H,5H2,(H2,17,24)(H3,18,20,25)(H,21,22,23). The number of H-pyrrole nitrogens is 1. The molecule has 0 aliphatic rings. The van der Waals surface area contributed by atoms with E-state index >= 15 is 0 Å². The van der Waals surface area contributed by atoms with E-state index < -0.39 is 18.0 Å². The molecule has 0 saturated heterocycles. The molecule has 3 heterocycles. The number of rotatable bonds is 7. The van der Waals surface area contributed by atoms with Crippen molar-refractivity contribution in [3.63, 3.8) is 0 Å². The molecule has 7 N–H and O–H groups in total. The van der Waals surface area contributed by atoms with Crippen LogP contribution in [0.15, 0.2) is 35.2 Å². The quantitative estimate of drug-likeness (QED) is 0.408. The van der Waals surface area contributed by atoms with E-state index in [-0.39, 0.29) is 18.0 Å². The van der Waals surface area contributed by atoms with Crippen molar-refractivity contribution in [1.82, 2.24) is 15.3 Å². The molecule has 9 nitrogen and oxygen atoms in total. The van der Waals surface area contributed by atoms with Crippen molar-refractivity contribution in [3.05, 3.63) is 45.7 Å². The van der Waals surface area contributed by atoms with Crippen LogP contribution in [0, 0.1) is 0 Å². The Morgan fingerprint density at radius 3 is 2.70 bits per heavy atom. The van der Waals surface area contributed by atoms with Gasteiger partial charge in [0.15, 0.2) is 5.13 Å². The van der Waals surface area contributed by atoms with Gasteiger partial charge in [-0.2, -0.15) is 0 Å². The lowest BCUT2D eigenvalue weighted by molar-refractivity contribution is -0.116. The van der Waals surface area contributed by atoms with Crippen LogP contribution in [-0.4, -0.2) is 27.8 Å². The second kappa shape index (κ2) is 8.01. The maximum Gasteiger partial charge on any atom is 0.312 e. The van der Waals surface area contributed by atoms with Crippen molar-refractivity contribution in [1.29, 1.82) is 0 Å². The minimum absolute atomic E-state index is 0.0222. The molecule has 0 aromatic carbocycles. The third-order valence-electron chi connectivity index (χ3n) is 3.59. The molecule has 27 heavy (non-hydrogen) atoms. The lowest BCUT2D eigenvalue weighted by Crippen LogP contribution is -2.34. The van der Waals surface area contributed by atoms with Gasteiger partial charge in [-0.25, -0.2) is 9.78 Å². The monoisotopic (exact) mass is 404 g/mol. The van der Waals surface area contributed by atoms with Gasteiger partial charge in [0.25, 0.3) is 5.91 Å². The van der Waals surface area contributed by atoms with Crippen LogP contribution in [0.2, 0.25) is 0 Å². The minimum atomic E-state index is -0.699. The predicted octanol–water partition coefficient (Wildman–Crippen LogP) is 2.04. The van der Waals surface area contributed by atoms with Crippen molar-refractivity contribution in [2.75, 3.05) is 5.32 Å². The molecular weight excluding hydrogens is 388 g/mol. The van der Waals surface area contributed by atoms with Crippen molar-refractivity contribution in [3.8, 4) is 11.3 Å². The van der Waals surface area contributed by atoms with Gasteiger partial charge >= 0.3 is 6.03 Å². The summed E-state index contributed by atoms with van der Waals surface area (Å²) in [6.45, 7) is 0. The van der Waals surface area contributed by atoms with E-state index in [1.807, 2.05) is 17.5 Å². The van der Waals surface area contributed by atoms with Crippen LogP contribution in [0.25, 0.3) is 11.3 Å². The zero-order valence-electron chi connectivity index (χ0n) is 13.9. The maximum atomic E-state index is 12.3. The Morgan fingerprint density at radius 1 is 1.26 bits per heavy atom. The van der Waals surface area contributed by atoms with Gasteiger partial charge < -0.3 is 27.1 Å². The number of anilines is 1. The van der Waals surface area contributed by atoms with Crippen LogP contribution in [0.5, 0.6) is 0 Å². The summed E-state index contributed by atoms with van der Waals surface area (Å²) in [4.78, 5) is 42.6. The number of thiazole rings is 1. The molecule has 3 aromatic rings. The number of amides is 4. The number of carbonyl (C=O) groups excluding carboxylic acids is 3. The van der Waals surface area contributed by atoms with E-state index in [1.165, 1.54) is 22.7 Å². The van der Waals surface area contributed by atoms with Gasteiger partial charge in [0.1, 0.15) is 5.69 Å². The van der Waals surface area contributed by atoms with E-state index in [0.717, 1.165) is 4.88 Å². The van der Waals surface area contributed by atoms with Crippen LogP contribution < -0.4 is 22.1 Å². The first-order valence-corrected chi connectivity index (χ1v) is 9.51. The topological polar surface area (TPSA) is 156 Å². The molecule has 0 bridgehead atoms. The number of urea groups is 1. The van der Waals surface area contributed by atoms with Crippen LogP contribution in [0.4, 0.5) is 9.93 Å². The molecule has 11 heteroatoms. The summed E-state index contributed by atoms with van der Waals surface area (Å²) in [7, 11) is 0. The van der Waals surface area contributed by atoms with Gasteiger partial charge in [-0.15, -0.1) is 22.7 Å². The maximum absolute atomic E-state index is 12.3. The highest BCUT2D eigenvalue weighted by Crippen LogP contribution is 2.27. The second-order valence-electron chi connectivity index (χ2n) is 5.53. The van der Waals surface area contributed by atoms with Crippen molar-refractivity contribution in [2.24, 2.45) is 11.5 Å². The van der Waals surface area contributed by atoms with Crippen LogP contribution in [-0.2, 0) is 4.79 Å². The number of aromatic nitrogens is 2. The Kier molecular flexibility index (Phi) is 5.52. The molecule has 140 valence electrons. The van der Waals surface area contributed by atoms with Crippen LogP contribution in [0.3, 0.4) is 0 Å². The number of nitrogens with two attached hydrogens (primary N) is 2. The summed E-state index contributed by atoms with van der Waals surface area (Å²) < 4.78 is 0. The number of hydrogen-bond donors (Lipinski definition) is 5. The molecule has 0 saturated carbocycles. The lowest BCUT2D eigenvalue weighted by atomic mass is 10.1. The second-order valence-corrected chi connectivity index (χ2v) is 7.37. The van der Waals surface area contributed by atoms with Crippen LogP contribution in [0.1, 0.15) is 27.8 Å². The van der Waals surface area contributed by atoms with Gasteiger partial charge in [0, 0.05) is 22.0 Å². The Bertz CT molecular complexity index is 963. The number of nitrogens with one attached hydrogen (secondary N) is 3. The highest BCUT2D eigenvalue weighted by atomic mass is 32.1. The van der Waals surface area contributed by atoms with Gasteiger partial charge in [0.2, 0.25) is 5.91 Å². The fraction of sp³-hybridized carbons (Fsp3) is 0.125. The number of thiophene rings is 1. The third kappa shape index (κ3) is 4.71. The SMILES string of the molecule is NC(=O)NC(CC(=O)Nc1nc(-c2c[nH]c(C(N)=O)c2)cs1)c1cccs1. The molecule has 0 aliphatic carbocycles. The first-order chi connectivity index (χ1) is 12.9. The molecule has 3 aromatic heterocycles. The average Bonchev–Trinajstić information content (AvgIpc) is 3.34. The molecule has 0 aliphatic heterocycles. The summed E-state index contributed by atoms with van der Waals surface area (Å²) in [5, 5.41) is 9.28. The molecular formula is C16H16N6O3S2. The van der Waals surface area contributed by atoms with Gasteiger partial charge in [-0.3, -0.25) is 9.59 Å². The highest BCUT2D eigenvalue weighted by molar-refractivity contribution is 7.14. The number of aromatic amines is 1. The summed E-state index contributed by atoms with van der Waals surface area (Å²) in [5.74, 6) is -0.874. The minimum Gasteiger partial charge on any atom is -0.364 e. The molecule has 0 fully saturated rings. The smallest absolute Gasteiger partial charge is 0.312 e. The number of hydrogen-bond acceptors (Lipinski definition) is 6. The Balaban J connectivity index is 1.66. The van der Waals surface area contributed by atoms with E-state index in [0.29, 0.717) is 16.4 Å². The molecule has 0 radical (unpaired) electrons. The Labute approximate surface area is 161 Å². The van der Waals surface area contributed by atoms with Gasteiger partial charge in [0.05, 0.1) is 18.2 Å². The number of nitrogens with zero attached hydrogens (tertiary/aromatic N) is 1. The third-order valence-corrected chi connectivity index (χ3v) is 5.33.